The van der Waals surface area contributed by atoms with Gasteiger partial charge in [-0.1, -0.05) is 30.3 Å². The van der Waals surface area contributed by atoms with Crippen molar-refractivity contribution in [3.63, 3.8) is 0 Å². The van der Waals surface area contributed by atoms with E-state index in [9.17, 15) is 0 Å². The van der Waals surface area contributed by atoms with Gasteiger partial charge < -0.3 is 4.42 Å². The summed E-state index contributed by atoms with van der Waals surface area (Å²) >= 11 is 0. The fraction of sp³-hybridized carbons (Fsp3) is 0.0769. The molecule has 1 aromatic heterocycles. The highest BCUT2D eigenvalue weighted by Gasteiger charge is 2.29. The van der Waals surface area contributed by atoms with Crippen LogP contribution in [0, 0.1) is 0 Å². The summed E-state index contributed by atoms with van der Waals surface area (Å²) in [6.45, 7) is 0. The van der Waals surface area contributed by atoms with Crippen LogP contribution in [-0.2, 0) is 6.42 Å². The van der Waals surface area contributed by atoms with Crippen molar-refractivity contribution in [1.82, 2.24) is 0 Å². The van der Waals surface area contributed by atoms with Gasteiger partial charge in [0.2, 0.25) is 0 Å². The second kappa shape index (κ2) is 2.01. The lowest BCUT2D eigenvalue weighted by molar-refractivity contribution is 0.598. The SMILES string of the molecule is c1ccc2cc3oc4c(c3c-2cc1)C4. The van der Waals surface area contributed by atoms with Crippen molar-refractivity contribution in [3.8, 4) is 11.1 Å². The van der Waals surface area contributed by atoms with Crippen LogP contribution in [0.3, 0.4) is 0 Å². The van der Waals surface area contributed by atoms with E-state index in [-0.39, 0.29) is 0 Å². The molecule has 66 valence electrons. The summed E-state index contributed by atoms with van der Waals surface area (Å²) in [5.41, 5.74) is 5.08. The van der Waals surface area contributed by atoms with Crippen LogP contribution in [-0.4, -0.2) is 0 Å². The summed E-state index contributed by atoms with van der Waals surface area (Å²) in [4.78, 5) is 0. The second-order valence-electron chi connectivity index (χ2n) is 3.84. The summed E-state index contributed by atoms with van der Waals surface area (Å²) in [5.74, 6) is 1.18. The third kappa shape index (κ3) is 0.666. The first-order valence-corrected chi connectivity index (χ1v) is 4.85. The topological polar surface area (TPSA) is 13.1 Å². The largest absolute Gasteiger partial charge is 0.460 e. The Morgan fingerprint density at radius 1 is 1.07 bits per heavy atom. The predicted octanol–water partition coefficient (Wildman–Crippen LogP) is 3.44. The molecule has 0 N–H and O–H groups in total. The average molecular weight is 180 g/mol. The number of hydrogen-bond acceptors (Lipinski definition) is 1. The number of fused-ring (bicyclic) bond motifs is 5. The lowest BCUT2D eigenvalue weighted by atomic mass is 10.1. The van der Waals surface area contributed by atoms with Crippen molar-refractivity contribution < 1.29 is 4.42 Å². The van der Waals surface area contributed by atoms with Crippen molar-refractivity contribution >= 4 is 11.0 Å². The molecule has 0 spiro atoms. The van der Waals surface area contributed by atoms with Crippen molar-refractivity contribution in [1.29, 1.82) is 0 Å². The average Bonchev–Trinajstić information content (AvgIpc) is 2.81. The molecular weight excluding hydrogens is 172 g/mol. The Hall–Kier alpha value is -1.76. The van der Waals surface area contributed by atoms with Crippen molar-refractivity contribution in [2.75, 3.05) is 0 Å². The van der Waals surface area contributed by atoms with Crippen LogP contribution in [0.4, 0.5) is 0 Å². The normalized spacial score (nSPS) is 13.4. The molecule has 3 aliphatic rings. The van der Waals surface area contributed by atoms with E-state index in [4.69, 9.17) is 4.42 Å². The minimum Gasteiger partial charge on any atom is -0.460 e. The van der Waals surface area contributed by atoms with Gasteiger partial charge in [-0.25, -0.2) is 0 Å². The van der Waals surface area contributed by atoms with E-state index in [1.54, 1.807) is 0 Å². The predicted molar refractivity (Wildman–Crippen MR) is 55.6 cm³/mol. The van der Waals surface area contributed by atoms with Crippen LogP contribution in [0.25, 0.3) is 22.1 Å². The fourth-order valence-corrected chi connectivity index (χ4v) is 2.23. The van der Waals surface area contributed by atoms with Crippen molar-refractivity contribution in [2.45, 2.75) is 6.42 Å². The molecule has 0 amide bonds. The van der Waals surface area contributed by atoms with Crippen LogP contribution in [0.2, 0.25) is 0 Å². The third-order valence-corrected chi connectivity index (χ3v) is 2.96. The molecule has 0 unspecified atom stereocenters. The van der Waals surface area contributed by atoms with Crippen molar-refractivity contribution in [3.05, 3.63) is 47.7 Å². The lowest BCUT2D eigenvalue weighted by Crippen LogP contribution is -1.64. The smallest absolute Gasteiger partial charge is 0.135 e. The van der Waals surface area contributed by atoms with Gasteiger partial charge in [0.15, 0.2) is 0 Å². The zero-order valence-electron chi connectivity index (χ0n) is 7.58. The van der Waals surface area contributed by atoms with Gasteiger partial charge in [0.1, 0.15) is 11.3 Å². The standard InChI is InChI=1S/C13H8O/c1-2-4-8-6-12-13(9(8)5-3-1)10-7-11(10)14-12/h1-6H,7H2. The Kier molecular flexibility index (Phi) is 0.954. The highest BCUT2D eigenvalue weighted by atomic mass is 16.3. The maximum Gasteiger partial charge on any atom is 0.135 e. The van der Waals surface area contributed by atoms with Gasteiger partial charge in [0, 0.05) is 17.4 Å². The van der Waals surface area contributed by atoms with E-state index in [1.807, 2.05) is 0 Å². The first-order chi connectivity index (χ1) is 6.93. The van der Waals surface area contributed by atoms with Gasteiger partial charge in [-0.05, 0) is 17.2 Å². The van der Waals surface area contributed by atoms with E-state index >= 15 is 0 Å². The monoisotopic (exact) mass is 180 g/mol. The summed E-state index contributed by atoms with van der Waals surface area (Å²) in [6, 6.07) is 12.7. The van der Waals surface area contributed by atoms with E-state index in [0.29, 0.717) is 0 Å². The molecule has 1 nitrogen and oxygen atoms in total. The van der Waals surface area contributed by atoms with Gasteiger partial charge in [-0.2, -0.15) is 0 Å². The second-order valence-corrected chi connectivity index (χ2v) is 3.84. The van der Waals surface area contributed by atoms with E-state index < -0.39 is 0 Å². The molecule has 0 atom stereocenters. The molecule has 14 heavy (non-hydrogen) atoms. The Bertz CT molecular complexity index is 619. The minimum absolute atomic E-state index is 1.06. The molecule has 1 heterocycles. The van der Waals surface area contributed by atoms with Gasteiger partial charge in [-0.3, -0.25) is 0 Å². The van der Waals surface area contributed by atoms with Crippen LogP contribution in [0.5, 0.6) is 0 Å². The Morgan fingerprint density at radius 3 is 3.00 bits per heavy atom. The molecule has 0 bridgehead atoms. The van der Waals surface area contributed by atoms with Crippen LogP contribution in [0.1, 0.15) is 11.3 Å². The third-order valence-electron chi connectivity index (χ3n) is 2.96. The van der Waals surface area contributed by atoms with Crippen molar-refractivity contribution in [2.24, 2.45) is 0 Å². The van der Waals surface area contributed by atoms with Gasteiger partial charge >= 0.3 is 0 Å². The summed E-state index contributed by atoms with van der Waals surface area (Å²) in [5, 5.41) is 1.34. The molecule has 0 radical (unpaired) electrons. The molecule has 0 aliphatic heterocycles. The fourth-order valence-electron chi connectivity index (χ4n) is 2.23. The maximum atomic E-state index is 5.68. The number of rotatable bonds is 0. The van der Waals surface area contributed by atoms with E-state index in [1.165, 1.54) is 27.8 Å². The summed E-state index contributed by atoms with van der Waals surface area (Å²) in [7, 11) is 0. The highest BCUT2D eigenvalue weighted by molar-refractivity contribution is 6.04. The zero-order chi connectivity index (χ0) is 9.12. The Balaban J connectivity index is 2.27. The zero-order valence-corrected chi connectivity index (χ0v) is 7.58. The van der Waals surface area contributed by atoms with Crippen LogP contribution < -0.4 is 0 Å². The van der Waals surface area contributed by atoms with Gasteiger partial charge in [0.05, 0.1) is 0 Å². The summed E-state index contributed by atoms with van der Waals surface area (Å²) < 4.78 is 5.68. The Labute approximate surface area is 81.3 Å². The van der Waals surface area contributed by atoms with Crippen LogP contribution >= 0.6 is 0 Å². The van der Waals surface area contributed by atoms with Gasteiger partial charge in [0.25, 0.3) is 0 Å². The molecular formula is C13H8O. The van der Waals surface area contributed by atoms with E-state index in [0.717, 1.165) is 12.0 Å². The van der Waals surface area contributed by atoms with Crippen LogP contribution in [0.15, 0.2) is 40.8 Å². The molecule has 1 heteroatoms. The molecule has 3 aliphatic carbocycles. The minimum atomic E-state index is 1.06. The molecule has 0 aromatic carbocycles. The number of furan rings is 1. The molecule has 0 fully saturated rings. The van der Waals surface area contributed by atoms with Gasteiger partial charge in [-0.15, -0.1) is 0 Å². The highest BCUT2D eigenvalue weighted by Crippen LogP contribution is 2.46. The van der Waals surface area contributed by atoms with E-state index in [2.05, 4.69) is 36.4 Å². The lowest BCUT2D eigenvalue weighted by Gasteiger charge is -1.89. The first-order valence-electron chi connectivity index (χ1n) is 4.85. The quantitative estimate of drug-likeness (QED) is 0.404. The number of hydrogen-bond donors (Lipinski definition) is 0. The molecule has 0 saturated carbocycles. The maximum absolute atomic E-state index is 5.68. The Morgan fingerprint density at radius 2 is 2.00 bits per heavy atom. The molecule has 4 rings (SSSR count). The summed E-state index contributed by atoms with van der Waals surface area (Å²) in [6.07, 6.45) is 1.06. The molecule has 0 saturated heterocycles. The first kappa shape index (κ1) is 6.66. The molecule has 1 aromatic rings.